The summed E-state index contributed by atoms with van der Waals surface area (Å²) >= 11 is 0. The van der Waals surface area contributed by atoms with Crippen LogP contribution in [-0.4, -0.2) is 33.8 Å². The normalized spacial score (nSPS) is 13.6. The highest BCUT2D eigenvalue weighted by Crippen LogP contribution is 2.40. The number of hydrogen-bond acceptors (Lipinski definition) is 4. The maximum absolute atomic E-state index is 9.66. The van der Waals surface area contributed by atoms with Gasteiger partial charge in [-0.3, -0.25) is 0 Å². The van der Waals surface area contributed by atoms with Gasteiger partial charge in [-0.05, 0) is 53.9 Å². The van der Waals surface area contributed by atoms with Crippen LogP contribution in [0.2, 0.25) is 36.3 Å². The summed E-state index contributed by atoms with van der Waals surface area (Å²) in [5, 5.41) is 19.4. The molecule has 1 aromatic rings. The zero-order valence-electron chi connectivity index (χ0n) is 17.5. The topological polar surface area (TPSA) is 58.9 Å². The first-order chi connectivity index (χ1) is 11.0. The number of hydrogen-bond donors (Lipinski definition) is 2. The van der Waals surface area contributed by atoms with Crippen LogP contribution >= 0.6 is 0 Å². The molecule has 0 atom stereocenters. The van der Waals surface area contributed by atoms with Crippen molar-refractivity contribution < 1.29 is 18.9 Å². The van der Waals surface area contributed by atoms with Crippen molar-refractivity contribution in [2.75, 3.05) is 0 Å². The van der Waals surface area contributed by atoms with Crippen LogP contribution in [0.3, 0.4) is 0 Å². The van der Waals surface area contributed by atoms with Gasteiger partial charge in [0, 0.05) is 6.07 Å². The second-order valence-corrected chi connectivity index (χ2v) is 19.3. The van der Waals surface area contributed by atoms with Crippen LogP contribution in [-0.2, 0) is 0 Å². The first-order valence-corrected chi connectivity index (χ1v) is 14.7. The van der Waals surface area contributed by atoms with Crippen LogP contribution in [0.25, 0.3) is 0 Å². The molecular formula is C18H35BO4Si2. The molecule has 0 aliphatic carbocycles. The molecule has 0 bridgehead atoms. The largest absolute Gasteiger partial charge is 0.543 e. The molecule has 0 fully saturated rings. The zero-order chi connectivity index (χ0) is 19.8. The van der Waals surface area contributed by atoms with Crippen LogP contribution in [0, 0.1) is 0 Å². The van der Waals surface area contributed by atoms with Gasteiger partial charge in [0.1, 0.15) is 11.5 Å². The maximum atomic E-state index is 9.66. The molecule has 0 aromatic heterocycles. The predicted octanol–water partition coefficient (Wildman–Crippen LogP) is 4.13. The van der Waals surface area contributed by atoms with Crippen molar-refractivity contribution in [2.45, 2.75) is 77.8 Å². The second kappa shape index (κ2) is 7.10. The molecule has 0 aliphatic rings. The molecule has 1 rings (SSSR count). The zero-order valence-corrected chi connectivity index (χ0v) is 19.5. The van der Waals surface area contributed by atoms with Crippen molar-refractivity contribution in [1.82, 2.24) is 0 Å². The summed E-state index contributed by atoms with van der Waals surface area (Å²) in [6, 6.07) is 5.28. The van der Waals surface area contributed by atoms with Crippen molar-refractivity contribution >= 4 is 29.2 Å². The Morgan fingerprint density at radius 2 is 1.04 bits per heavy atom. The third-order valence-electron chi connectivity index (χ3n) is 5.56. The van der Waals surface area contributed by atoms with Crippen LogP contribution in [0.5, 0.6) is 11.5 Å². The van der Waals surface area contributed by atoms with Crippen LogP contribution in [0.15, 0.2) is 18.2 Å². The van der Waals surface area contributed by atoms with Gasteiger partial charge < -0.3 is 18.9 Å². The number of benzene rings is 1. The van der Waals surface area contributed by atoms with Gasteiger partial charge in [0.05, 0.1) is 0 Å². The average Bonchev–Trinajstić information content (AvgIpc) is 2.34. The molecule has 0 spiro atoms. The Hall–Kier alpha value is -0.761. The quantitative estimate of drug-likeness (QED) is 0.752. The Morgan fingerprint density at radius 3 is 1.28 bits per heavy atom. The van der Waals surface area contributed by atoms with E-state index in [4.69, 9.17) is 8.85 Å². The highest BCUT2D eigenvalue weighted by molar-refractivity contribution is 6.75. The minimum Gasteiger partial charge on any atom is -0.543 e. The molecule has 0 heterocycles. The van der Waals surface area contributed by atoms with Crippen molar-refractivity contribution in [3.63, 3.8) is 0 Å². The molecule has 2 N–H and O–H groups in total. The molecule has 0 saturated heterocycles. The van der Waals surface area contributed by atoms with E-state index in [1.54, 1.807) is 12.1 Å². The van der Waals surface area contributed by atoms with E-state index < -0.39 is 23.8 Å². The Labute approximate surface area is 156 Å². The Balaban J connectivity index is 3.27. The Bertz CT molecular complexity index is 556. The molecule has 142 valence electrons. The summed E-state index contributed by atoms with van der Waals surface area (Å²) in [5.41, 5.74) is 0.393. The lowest BCUT2D eigenvalue weighted by Gasteiger charge is -2.38. The molecule has 0 unspecified atom stereocenters. The standard InChI is InChI=1S/C18H35BO4Si2/c1-17(2,3)24(7,8)22-15-11-14(19(20)21)12-16(13-15)23-25(9,10)18(4,5)6/h11-13,20-21H,1-10H3. The molecule has 0 radical (unpaired) electrons. The van der Waals surface area contributed by atoms with E-state index in [1.165, 1.54) is 0 Å². The van der Waals surface area contributed by atoms with E-state index in [2.05, 4.69) is 67.7 Å². The number of rotatable bonds is 5. The van der Waals surface area contributed by atoms with Gasteiger partial charge in [0.15, 0.2) is 0 Å². The van der Waals surface area contributed by atoms with Gasteiger partial charge in [-0.1, -0.05) is 41.5 Å². The van der Waals surface area contributed by atoms with E-state index in [-0.39, 0.29) is 10.1 Å². The summed E-state index contributed by atoms with van der Waals surface area (Å²) < 4.78 is 12.7. The molecule has 0 aliphatic heterocycles. The van der Waals surface area contributed by atoms with Gasteiger partial charge in [0.25, 0.3) is 0 Å². The lowest BCUT2D eigenvalue weighted by atomic mass is 9.80. The summed E-state index contributed by atoms with van der Waals surface area (Å²) in [7, 11) is -5.61. The van der Waals surface area contributed by atoms with E-state index in [1.807, 2.05) is 6.07 Å². The fourth-order valence-electron chi connectivity index (χ4n) is 1.76. The van der Waals surface area contributed by atoms with Gasteiger partial charge in [0.2, 0.25) is 16.6 Å². The SMILES string of the molecule is CC(C)(C)[Si](C)(C)Oc1cc(O[Si](C)(C)C(C)(C)C)cc(B(O)O)c1. The highest BCUT2D eigenvalue weighted by Gasteiger charge is 2.40. The van der Waals surface area contributed by atoms with Gasteiger partial charge in [-0.2, -0.15) is 0 Å². The average molecular weight is 382 g/mol. The van der Waals surface area contributed by atoms with Crippen molar-refractivity contribution in [3.8, 4) is 11.5 Å². The summed E-state index contributed by atoms with van der Waals surface area (Å²) in [4.78, 5) is 0. The molecule has 25 heavy (non-hydrogen) atoms. The summed E-state index contributed by atoms with van der Waals surface area (Å²) in [6.45, 7) is 21.7. The summed E-state index contributed by atoms with van der Waals surface area (Å²) in [6.07, 6.45) is 0. The maximum Gasteiger partial charge on any atom is 0.488 e. The predicted molar refractivity (Wildman–Crippen MR) is 112 cm³/mol. The third-order valence-corrected chi connectivity index (χ3v) is 14.3. The van der Waals surface area contributed by atoms with Gasteiger partial charge in [-0.25, -0.2) is 0 Å². The fourth-order valence-corrected chi connectivity index (χ4v) is 3.78. The van der Waals surface area contributed by atoms with Crippen molar-refractivity contribution in [2.24, 2.45) is 0 Å². The van der Waals surface area contributed by atoms with Crippen LogP contribution in [0.4, 0.5) is 0 Å². The van der Waals surface area contributed by atoms with Crippen LogP contribution < -0.4 is 14.3 Å². The summed E-state index contributed by atoms with van der Waals surface area (Å²) in [5.74, 6) is 1.29. The molecule has 0 amide bonds. The van der Waals surface area contributed by atoms with E-state index in [0.29, 0.717) is 17.0 Å². The van der Waals surface area contributed by atoms with Gasteiger partial charge in [-0.15, -0.1) is 0 Å². The molecule has 4 nitrogen and oxygen atoms in total. The lowest BCUT2D eigenvalue weighted by Crippen LogP contribution is -2.45. The lowest BCUT2D eigenvalue weighted by molar-refractivity contribution is 0.424. The fraction of sp³-hybridized carbons (Fsp3) is 0.667. The van der Waals surface area contributed by atoms with E-state index in [0.717, 1.165) is 0 Å². The van der Waals surface area contributed by atoms with Gasteiger partial charge >= 0.3 is 7.12 Å². The van der Waals surface area contributed by atoms with E-state index in [9.17, 15) is 10.0 Å². The minimum atomic E-state index is -2.03. The molecular weight excluding hydrogens is 347 g/mol. The molecule has 1 aromatic carbocycles. The Kier molecular flexibility index (Phi) is 6.33. The second-order valence-electron chi connectivity index (χ2n) is 9.84. The van der Waals surface area contributed by atoms with E-state index >= 15 is 0 Å². The highest BCUT2D eigenvalue weighted by atomic mass is 28.4. The van der Waals surface area contributed by atoms with Crippen molar-refractivity contribution in [3.05, 3.63) is 18.2 Å². The first-order valence-electron chi connectivity index (χ1n) is 8.85. The molecule has 7 heteroatoms. The third kappa shape index (κ3) is 5.61. The first kappa shape index (κ1) is 22.3. The van der Waals surface area contributed by atoms with Crippen LogP contribution in [0.1, 0.15) is 41.5 Å². The monoisotopic (exact) mass is 382 g/mol. The molecule has 0 saturated carbocycles. The van der Waals surface area contributed by atoms with Crippen molar-refractivity contribution in [1.29, 1.82) is 0 Å². The minimum absolute atomic E-state index is 0.0568. The smallest absolute Gasteiger partial charge is 0.488 e. The Morgan fingerprint density at radius 1 is 0.720 bits per heavy atom.